The molecule has 0 bridgehead atoms. The normalized spacial score (nSPS) is 19.5. The van der Waals surface area contributed by atoms with Gasteiger partial charge in [-0.3, -0.25) is 4.79 Å². The minimum absolute atomic E-state index is 0.108. The fourth-order valence-corrected chi connectivity index (χ4v) is 1.86. The van der Waals surface area contributed by atoms with Gasteiger partial charge in [0.1, 0.15) is 5.78 Å². The highest BCUT2D eigenvalue weighted by Gasteiger charge is 2.34. The molecule has 13 heavy (non-hydrogen) atoms. The number of Topliss-reactive ketones (excluding diaryl/α,β-unsaturated/α-hetero) is 1. The molecule has 0 aromatic heterocycles. The zero-order valence-electron chi connectivity index (χ0n) is 8.64. The van der Waals surface area contributed by atoms with E-state index in [9.17, 15) is 4.79 Å². The SMILES string of the molecule is CCCCCC(=O)CC1(N)CCC1. The first kappa shape index (κ1) is 10.7. The molecule has 2 nitrogen and oxygen atoms in total. The van der Waals surface area contributed by atoms with Gasteiger partial charge in [-0.2, -0.15) is 0 Å². The van der Waals surface area contributed by atoms with E-state index in [1.165, 1.54) is 19.3 Å². The Labute approximate surface area is 80.9 Å². The number of hydrogen-bond donors (Lipinski definition) is 1. The topological polar surface area (TPSA) is 43.1 Å². The minimum Gasteiger partial charge on any atom is -0.325 e. The molecule has 2 N–H and O–H groups in total. The van der Waals surface area contributed by atoms with E-state index in [-0.39, 0.29) is 5.54 Å². The Morgan fingerprint density at radius 2 is 2.08 bits per heavy atom. The van der Waals surface area contributed by atoms with Gasteiger partial charge in [0.15, 0.2) is 0 Å². The molecular formula is C11H21NO. The van der Waals surface area contributed by atoms with E-state index in [1.54, 1.807) is 0 Å². The molecule has 0 saturated heterocycles. The van der Waals surface area contributed by atoms with Crippen molar-refractivity contribution in [3.8, 4) is 0 Å². The molecule has 1 saturated carbocycles. The highest BCUT2D eigenvalue weighted by Crippen LogP contribution is 2.32. The van der Waals surface area contributed by atoms with E-state index in [4.69, 9.17) is 5.73 Å². The summed E-state index contributed by atoms with van der Waals surface area (Å²) in [7, 11) is 0. The van der Waals surface area contributed by atoms with Crippen molar-refractivity contribution in [2.45, 2.75) is 63.8 Å². The van der Waals surface area contributed by atoms with Crippen LogP contribution in [0.2, 0.25) is 0 Å². The standard InChI is InChI=1S/C11H21NO/c1-2-3-4-6-10(13)9-11(12)7-5-8-11/h2-9,12H2,1H3. The van der Waals surface area contributed by atoms with Crippen LogP contribution in [0.3, 0.4) is 0 Å². The molecule has 1 aliphatic carbocycles. The van der Waals surface area contributed by atoms with Gasteiger partial charge in [-0.25, -0.2) is 0 Å². The van der Waals surface area contributed by atoms with Crippen LogP contribution in [0.25, 0.3) is 0 Å². The summed E-state index contributed by atoms with van der Waals surface area (Å²) in [5.41, 5.74) is 5.88. The van der Waals surface area contributed by atoms with Gasteiger partial charge in [-0.05, 0) is 25.7 Å². The van der Waals surface area contributed by atoms with Gasteiger partial charge in [-0.1, -0.05) is 19.8 Å². The summed E-state index contributed by atoms with van der Waals surface area (Å²) in [6, 6.07) is 0. The van der Waals surface area contributed by atoms with Gasteiger partial charge in [0.25, 0.3) is 0 Å². The molecule has 2 heteroatoms. The Morgan fingerprint density at radius 1 is 1.38 bits per heavy atom. The molecule has 0 radical (unpaired) electrons. The summed E-state index contributed by atoms with van der Waals surface area (Å²) in [6.07, 6.45) is 8.07. The number of ketones is 1. The highest BCUT2D eigenvalue weighted by molar-refractivity contribution is 5.79. The smallest absolute Gasteiger partial charge is 0.134 e. The minimum atomic E-state index is -0.108. The van der Waals surface area contributed by atoms with Gasteiger partial charge in [0, 0.05) is 18.4 Å². The zero-order valence-corrected chi connectivity index (χ0v) is 8.64. The van der Waals surface area contributed by atoms with Crippen molar-refractivity contribution in [1.82, 2.24) is 0 Å². The van der Waals surface area contributed by atoms with Gasteiger partial charge >= 0.3 is 0 Å². The van der Waals surface area contributed by atoms with E-state index in [1.807, 2.05) is 0 Å². The molecule has 0 atom stereocenters. The first-order valence-electron chi connectivity index (χ1n) is 5.47. The lowest BCUT2D eigenvalue weighted by Gasteiger charge is -2.37. The summed E-state index contributed by atoms with van der Waals surface area (Å²) in [5.74, 6) is 0.371. The monoisotopic (exact) mass is 183 g/mol. The summed E-state index contributed by atoms with van der Waals surface area (Å²) < 4.78 is 0. The molecule has 0 aliphatic heterocycles. The third kappa shape index (κ3) is 3.47. The average molecular weight is 183 g/mol. The number of carbonyl (C=O) groups excluding carboxylic acids is 1. The molecule has 76 valence electrons. The van der Waals surface area contributed by atoms with Crippen molar-refractivity contribution in [2.24, 2.45) is 5.73 Å². The Kier molecular flexibility index (Phi) is 3.91. The maximum atomic E-state index is 11.4. The first-order valence-corrected chi connectivity index (χ1v) is 5.47. The Bertz CT molecular complexity index is 173. The van der Waals surface area contributed by atoms with Gasteiger partial charge in [-0.15, -0.1) is 0 Å². The van der Waals surface area contributed by atoms with E-state index < -0.39 is 0 Å². The van der Waals surface area contributed by atoms with Crippen LogP contribution in [0.5, 0.6) is 0 Å². The van der Waals surface area contributed by atoms with Crippen molar-refractivity contribution >= 4 is 5.78 Å². The second-order valence-electron chi connectivity index (χ2n) is 4.39. The average Bonchev–Trinajstić information content (AvgIpc) is 2.02. The van der Waals surface area contributed by atoms with Crippen LogP contribution in [-0.2, 0) is 4.79 Å². The number of carbonyl (C=O) groups is 1. The van der Waals surface area contributed by atoms with Crippen molar-refractivity contribution < 1.29 is 4.79 Å². The van der Waals surface area contributed by atoms with E-state index in [0.717, 1.165) is 25.7 Å². The quantitative estimate of drug-likeness (QED) is 0.642. The van der Waals surface area contributed by atoms with Gasteiger partial charge < -0.3 is 5.73 Å². The number of hydrogen-bond acceptors (Lipinski definition) is 2. The maximum absolute atomic E-state index is 11.4. The predicted molar refractivity (Wildman–Crippen MR) is 54.5 cm³/mol. The lowest BCUT2D eigenvalue weighted by molar-refractivity contribution is -0.121. The molecule has 0 heterocycles. The molecule has 0 aromatic rings. The van der Waals surface area contributed by atoms with Crippen molar-refractivity contribution in [1.29, 1.82) is 0 Å². The van der Waals surface area contributed by atoms with E-state index >= 15 is 0 Å². The van der Waals surface area contributed by atoms with E-state index in [0.29, 0.717) is 12.2 Å². The van der Waals surface area contributed by atoms with Crippen molar-refractivity contribution in [3.05, 3.63) is 0 Å². The lowest BCUT2D eigenvalue weighted by Crippen LogP contribution is -2.48. The Hall–Kier alpha value is -0.370. The first-order chi connectivity index (χ1) is 6.16. The second kappa shape index (κ2) is 4.75. The van der Waals surface area contributed by atoms with Crippen LogP contribution in [0.15, 0.2) is 0 Å². The number of nitrogens with two attached hydrogens (primary N) is 1. The lowest BCUT2D eigenvalue weighted by atomic mass is 9.74. The summed E-state index contributed by atoms with van der Waals surface area (Å²) >= 11 is 0. The highest BCUT2D eigenvalue weighted by atomic mass is 16.1. The Balaban J connectivity index is 2.10. The summed E-state index contributed by atoms with van der Waals surface area (Å²) in [5, 5.41) is 0. The predicted octanol–water partition coefficient (Wildman–Crippen LogP) is 2.41. The number of rotatable bonds is 6. The van der Waals surface area contributed by atoms with Crippen molar-refractivity contribution in [3.63, 3.8) is 0 Å². The summed E-state index contributed by atoms with van der Waals surface area (Å²) in [6.45, 7) is 2.15. The van der Waals surface area contributed by atoms with E-state index in [2.05, 4.69) is 6.92 Å². The fraction of sp³-hybridized carbons (Fsp3) is 0.909. The Morgan fingerprint density at radius 3 is 2.54 bits per heavy atom. The molecule has 0 spiro atoms. The molecule has 1 aliphatic rings. The number of unbranched alkanes of at least 4 members (excludes halogenated alkanes) is 2. The fourth-order valence-electron chi connectivity index (χ4n) is 1.86. The second-order valence-corrected chi connectivity index (χ2v) is 4.39. The van der Waals surface area contributed by atoms with Gasteiger partial charge in [0.05, 0.1) is 0 Å². The maximum Gasteiger partial charge on any atom is 0.134 e. The van der Waals surface area contributed by atoms with Crippen LogP contribution in [0, 0.1) is 0 Å². The largest absolute Gasteiger partial charge is 0.325 e. The molecule has 1 fully saturated rings. The van der Waals surface area contributed by atoms with Crippen LogP contribution in [0.1, 0.15) is 58.3 Å². The molecule has 0 aromatic carbocycles. The molecule has 1 rings (SSSR count). The van der Waals surface area contributed by atoms with Crippen molar-refractivity contribution in [2.75, 3.05) is 0 Å². The van der Waals surface area contributed by atoms with Crippen LogP contribution in [0.4, 0.5) is 0 Å². The molecule has 0 unspecified atom stereocenters. The van der Waals surface area contributed by atoms with Crippen LogP contribution < -0.4 is 5.73 Å². The van der Waals surface area contributed by atoms with Crippen LogP contribution in [-0.4, -0.2) is 11.3 Å². The van der Waals surface area contributed by atoms with Crippen LogP contribution >= 0.6 is 0 Å². The third-order valence-electron chi connectivity index (χ3n) is 2.96. The zero-order chi connectivity index (χ0) is 9.73. The summed E-state index contributed by atoms with van der Waals surface area (Å²) in [4.78, 5) is 11.4. The van der Waals surface area contributed by atoms with Gasteiger partial charge in [0.2, 0.25) is 0 Å². The molecule has 0 amide bonds. The molecular weight excluding hydrogens is 162 g/mol. The third-order valence-corrected chi connectivity index (χ3v) is 2.96.